The molecule has 10 heteroatoms. The summed E-state index contributed by atoms with van der Waals surface area (Å²) in [6.07, 6.45) is 1.28. The molecule has 0 radical (unpaired) electrons. The summed E-state index contributed by atoms with van der Waals surface area (Å²) < 4.78 is 37.9. The Morgan fingerprint density at radius 1 is 1.03 bits per heavy atom. The molecule has 0 spiro atoms. The average Bonchev–Trinajstić information content (AvgIpc) is 3.35. The minimum atomic E-state index is -3.81. The maximum atomic E-state index is 13.6. The lowest BCUT2D eigenvalue weighted by atomic mass is 10.1. The highest BCUT2D eigenvalue weighted by Gasteiger charge is 2.31. The van der Waals surface area contributed by atoms with Crippen LogP contribution in [-0.4, -0.2) is 62.9 Å². The molecule has 1 heterocycles. The lowest BCUT2D eigenvalue weighted by Crippen LogP contribution is -2.53. The van der Waals surface area contributed by atoms with Gasteiger partial charge in [0.15, 0.2) is 11.5 Å². The molecule has 0 aromatic heterocycles. The molecule has 1 aliphatic rings. The highest BCUT2D eigenvalue weighted by molar-refractivity contribution is 7.92. The largest absolute Gasteiger partial charge is 0.454 e. The number of nitrogens with zero attached hydrogens (tertiary/aromatic N) is 2. The molecule has 2 aromatic carbocycles. The highest BCUT2D eigenvalue weighted by atomic mass is 32.2. The van der Waals surface area contributed by atoms with Crippen molar-refractivity contribution in [2.24, 2.45) is 0 Å². The van der Waals surface area contributed by atoms with Crippen LogP contribution in [-0.2, 0) is 26.0 Å². The van der Waals surface area contributed by atoms with Crippen molar-refractivity contribution in [3.8, 4) is 11.5 Å². The minimum Gasteiger partial charge on any atom is -0.454 e. The zero-order valence-electron chi connectivity index (χ0n) is 21.3. The first-order valence-electron chi connectivity index (χ1n) is 12.2. The lowest BCUT2D eigenvalue weighted by Gasteiger charge is -2.32. The van der Waals surface area contributed by atoms with Crippen molar-refractivity contribution in [3.05, 3.63) is 54.1 Å². The van der Waals surface area contributed by atoms with Gasteiger partial charge in [0.25, 0.3) is 0 Å². The molecule has 0 saturated carbocycles. The Labute approximate surface area is 213 Å². The zero-order chi connectivity index (χ0) is 26.3. The number of rotatable bonds is 12. The standard InChI is InChI=1S/C26H35N3O6S/c1-5-19(3)27-26(31)20(4)28(15-14-21-10-8-7-9-11-21)25(30)17-29(36(32,33)6-2)22-12-13-23-24(16-22)35-18-34-23/h7-13,16,19-20H,5-6,14-15,17-18H2,1-4H3,(H,27,31)/t19-,20-/m0/s1. The van der Waals surface area contributed by atoms with E-state index in [2.05, 4.69) is 5.32 Å². The molecule has 2 aromatic rings. The molecule has 2 amide bonds. The number of amides is 2. The molecular weight excluding hydrogens is 482 g/mol. The number of ether oxygens (including phenoxy) is 2. The smallest absolute Gasteiger partial charge is 0.244 e. The van der Waals surface area contributed by atoms with Gasteiger partial charge in [-0.25, -0.2) is 8.42 Å². The molecule has 1 N–H and O–H groups in total. The number of fused-ring (bicyclic) bond motifs is 1. The van der Waals surface area contributed by atoms with E-state index in [1.807, 2.05) is 44.2 Å². The van der Waals surface area contributed by atoms with E-state index in [1.165, 1.54) is 11.8 Å². The van der Waals surface area contributed by atoms with Crippen LogP contribution in [0.25, 0.3) is 0 Å². The SMILES string of the molecule is CC[C@H](C)NC(=O)[C@H](C)N(CCc1ccccc1)C(=O)CN(c1ccc2c(c1)OCO2)S(=O)(=O)CC. The molecule has 36 heavy (non-hydrogen) atoms. The van der Waals surface area contributed by atoms with Gasteiger partial charge in [0.1, 0.15) is 12.6 Å². The second kappa shape index (κ2) is 12.1. The molecule has 2 atom stereocenters. The maximum absolute atomic E-state index is 13.6. The highest BCUT2D eigenvalue weighted by Crippen LogP contribution is 2.36. The second-order valence-electron chi connectivity index (χ2n) is 8.76. The quantitative estimate of drug-likeness (QED) is 0.464. The van der Waals surface area contributed by atoms with Gasteiger partial charge in [-0.1, -0.05) is 37.3 Å². The monoisotopic (exact) mass is 517 g/mol. The van der Waals surface area contributed by atoms with Crippen molar-refractivity contribution in [2.75, 3.05) is 29.9 Å². The fourth-order valence-corrected chi connectivity index (χ4v) is 4.85. The van der Waals surface area contributed by atoms with E-state index in [0.717, 1.165) is 16.3 Å². The molecule has 3 rings (SSSR count). The number of carbonyl (C=O) groups excluding carboxylic acids is 2. The Hall–Kier alpha value is -3.27. The third-order valence-electron chi connectivity index (χ3n) is 6.28. The van der Waals surface area contributed by atoms with Gasteiger partial charge in [0.05, 0.1) is 11.4 Å². The van der Waals surface area contributed by atoms with Gasteiger partial charge in [-0.2, -0.15) is 0 Å². The number of carbonyl (C=O) groups is 2. The maximum Gasteiger partial charge on any atom is 0.244 e. The van der Waals surface area contributed by atoms with Crippen molar-refractivity contribution in [1.82, 2.24) is 10.2 Å². The topological polar surface area (TPSA) is 105 Å². The first-order valence-corrected chi connectivity index (χ1v) is 13.8. The summed E-state index contributed by atoms with van der Waals surface area (Å²) in [4.78, 5) is 28.0. The molecule has 0 unspecified atom stereocenters. The first kappa shape index (κ1) is 27.3. The minimum absolute atomic E-state index is 0.0448. The van der Waals surface area contributed by atoms with E-state index in [9.17, 15) is 18.0 Å². The molecule has 9 nitrogen and oxygen atoms in total. The summed E-state index contributed by atoms with van der Waals surface area (Å²) in [5.41, 5.74) is 1.31. The van der Waals surface area contributed by atoms with Crippen molar-refractivity contribution in [3.63, 3.8) is 0 Å². The Morgan fingerprint density at radius 3 is 2.39 bits per heavy atom. The Morgan fingerprint density at radius 2 is 1.72 bits per heavy atom. The predicted octanol–water partition coefficient (Wildman–Crippen LogP) is 2.95. The van der Waals surface area contributed by atoms with Crippen LogP contribution in [0.5, 0.6) is 11.5 Å². The summed E-state index contributed by atoms with van der Waals surface area (Å²) in [5, 5.41) is 2.92. The summed E-state index contributed by atoms with van der Waals surface area (Å²) >= 11 is 0. The van der Waals surface area contributed by atoms with Crippen LogP contribution >= 0.6 is 0 Å². The van der Waals surface area contributed by atoms with Crippen molar-refractivity contribution >= 4 is 27.5 Å². The molecular formula is C26H35N3O6S. The van der Waals surface area contributed by atoms with Crippen LogP contribution in [0.4, 0.5) is 5.69 Å². The molecule has 1 aliphatic heterocycles. The Bertz CT molecular complexity index is 1160. The van der Waals surface area contributed by atoms with Gasteiger partial charge in [-0.05, 0) is 51.3 Å². The number of hydrogen-bond donors (Lipinski definition) is 1. The Balaban J connectivity index is 1.88. The van der Waals surface area contributed by atoms with Gasteiger partial charge in [-0.15, -0.1) is 0 Å². The third kappa shape index (κ3) is 6.69. The predicted molar refractivity (Wildman–Crippen MR) is 139 cm³/mol. The molecule has 0 bridgehead atoms. The summed E-state index contributed by atoms with van der Waals surface area (Å²) in [6, 6.07) is 13.6. The summed E-state index contributed by atoms with van der Waals surface area (Å²) in [7, 11) is -3.81. The number of anilines is 1. The molecule has 0 fully saturated rings. The van der Waals surface area contributed by atoms with E-state index in [-0.39, 0.29) is 31.0 Å². The van der Waals surface area contributed by atoms with Crippen LogP contribution in [0.3, 0.4) is 0 Å². The van der Waals surface area contributed by atoms with Crippen LogP contribution < -0.4 is 19.1 Å². The third-order valence-corrected chi connectivity index (χ3v) is 8.02. The van der Waals surface area contributed by atoms with E-state index < -0.39 is 28.5 Å². The second-order valence-corrected chi connectivity index (χ2v) is 10.9. The van der Waals surface area contributed by atoms with E-state index >= 15 is 0 Å². The van der Waals surface area contributed by atoms with E-state index in [4.69, 9.17) is 9.47 Å². The molecule has 0 saturated heterocycles. The number of nitrogens with one attached hydrogen (secondary N) is 1. The average molecular weight is 518 g/mol. The number of hydrogen-bond acceptors (Lipinski definition) is 6. The van der Waals surface area contributed by atoms with Gasteiger partial charge in [0, 0.05) is 18.7 Å². The van der Waals surface area contributed by atoms with E-state index in [0.29, 0.717) is 23.6 Å². The van der Waals surface area contributed by atoms with Gasteiger partial charge >= 0.3 is 0 Å². The Kier molecular flexibility index (Phi) is 9.19. The van der Waals surface area contributed by atoms with Crippen molar-refractivity contribution < 1.29 is 27.5 Å². The lowest BCUT2D eigenvalue weighted by molar-refractivity contribution is -0.139. The van der Waals surface area contributed by atoms with Crippen LogP contribution in [0, 0.1) is 0 Å². The summed E-state index contributed by atoms with van der Waals surface area (Å²) in [5.74, 6) is -0.00797. The summed E-state index contributed by atoms with van der Waals surface area (Å²) in [6.45, 7) is 6.93. The zero-order valence-corrected chi connectivity index (χ0v) is 22.1. The molecule has 196 valence electrons. The van der Waals surface area contributed by atoms with Crippen molar-refractivity contribution in [1.29, 1.82) is 0 Å². The van der Waals surface area contributed by atoms with Crippen LogP contribution in [0.2, 0.25) is 0 Å². The number of sulfonamides is 1. The van der Waals surface area contributed by atoms with Crippen LogP contribution in [0.1, 0.15) is 39.7 Å². The first-order chi connectivity index (χ1) is 17.2. The fraction of sp³-hybridized carbons (Fsp3) is 0.462. The normalized spacial score (nSPS) is 14.1. The fourth-order valence-electron chi connectivity index (χ4n) is 3.80. The number of benzene rings is 2. The van der Waals surface area contributed by atoms with Gasteiger partial charge in [-0.3, -0.25) is 13.9 Å². The van der Waals surface area contributed by atoms with Crippen LogP contribution in [0.15, 0.2) is 48.5 Å². The van der Waals surface area contributed by atoms with Gasteiger partial charge in [0.2, 0.25) is 28.6 Å². The molecule has 0 aliphatic carbocycles. The van der Waals surface area contributed by atoms with Gasteiger partial charge < -0.3 is 19.7 Å². The van der Waals surface area contributed by atoms with Crippen molar-refractivity contribution in [2.45, 2.75) is 52.6 Å². The van der Waals surface area contributed by atoms with E-state index in [1.54, 1.807) is 25.1 Å².